The Kier molecular flexibility index (Phi) is 5.19. The number of benzene rings is 2. The molecule has 4 rings (SSSR count). The van der Waals surface area contributed by atoms with Gasteiger partial charge in [-0.1, -0.05) is 30.3 Å². The number of hydrogen-bond donors (Lipinski definition) is 3. The lowest BCUT2D eigenvalue weighted by Crippen LogP contribution is -2.30. The molecule has 1 saturated carbocycles. The summed E-state index contributed by atoms with van der Waals surface area (Å²) in [7, 11) is 0. The van der Waals surface area contributed by atoms with Gasteiger partial charge in [-0.3, -0.25) is 9.59 Å². The van der Waals surface area contributed by atoms with Crippen molar-refractivity contribution in [3.63, 3.8) is 0 Å². The van der Waals surface area contributed by atoms with Gasteiger partial charge in [-0.05, 0) is 42.7 Å². The monoisotopic (exact) mass is 374 g/mol. The van der Waals surface area contributed by atoms with E-state index in [0.29, 0.717) is 17.7 Å². The highest BCUT2D eigenvalue weighted by Crippen LogP contribution is 2.30. The Morgan fingerprint density at radius 3 is 2.46 bits per heavy atom. The zero-order valence-corrected chi connectivity index (χ0v) is 15.4. The van der Waals surface area contributed by atoms with Crippen LogP contribution in [0.2, 0.25) is 0 Å². The number of H-pyrrole nitrogens is 1. The molecule has 6 nitrogen and oxygen atoms in total. The number of carbonyl (C=O) groups is 2. The molecule has 1 heterocycles. The number of imidazole rings is 1. The normalized spacial score (nSPS) is 14.3. The molecule has 1 atom stereocenters. The van der Waals surface area contributed by atoms with Gasteiger partial charge in [0, 0.05) is 36.0 Å². The van der Waals surface area contributed by atoms with Crippen molar-refractivity contribution < 1.29 is 9.59 Å². The van der Waals surface area contributed by atoms with Crippen LogP contribution in [0, 0.1) is 5.92 Å². The summed E-state index contributed by atoms with van der Waals surface area (Å²) < 4.78 is 0. The Bertz CT molecular complexity index is 932. The van der Waals surface area contributed by atoms with E-state index < -0.39 is 0 Å². The van der Waals surface area contributed by atoms with Crippen LogP contribution in [0.1, 0.15) is 40.6 Å². The standard InChI is InChI=1S/C22H22N4O2/c27-21(16-6-7-16)25-18-10-8-17(9-11-18)22(28)26-19(14-20-23-12-13-24-20)15-4-2-1-3-5-15/h1-5,8-13,16,19H,6-7,14H2,(H,23,24)(H,25,27)(H,26,28)/t19-/m0/s1. The molecule has 28 heavy (non-hydrogen) atoms. The van der Waals surface area contributed by atoms with Gasteiger partial charge in [0.15, 0.2) is 0 Å². The van der Waals surface area contributed by atoms with Crippen LogP contribution >= 0.6 is 0 Å². The zero-order valence-electron chi connectivity index (χ0n) is 15.4. The Morgan fingerprint density at radius 1 is 1.07 bits per heavy atom. The van der Waals surface area contributed by atoms with Crippen LogP contribution in [-0.4, -0.2) is 21.8 Å². The van der Waals surface area contributed by atoms with Crippen LogP contribution in [0.3, 0.4) is 0 Å². The summed E-state index contributed by atoms with van der Waals surface area (Å²) in [5.74, 6) is 0.851. The number of nitrogens with one attached hydrogen (secondary N) is 3. The molecule has 1 aliphatic carbocycles. The second kappa shape index (κ2) is 8.08. The second-order valence-electron chi connectivity index (χ2n) is 7.02. The van der Waals surface area contributed by atoms with Crippen molar-refractivity contribution in [1.29, 1.82) is 0 Å². The van der Waals surface area contributed by atoms with E-state index in [0.717, 1.165) is 24.2 Å². The summed E-state index contributed by atoms with van der Waals surface area (Å²) in [5, 5.41) is 5.97. The summed E-state index contributed by atoms with van der Waals surface area (Å²) in [4.78, 5) is 32.0. The number of carbonyl (C=O) groups excluding carboxylic acids is 2. The van der Waals surface area contributed by atoms with Crippen molar-refractivity contribution in [3.05, 3.63) is 83.9 Å². The average Bonchev–Trinajstić information content (AvgIpc) is 3.46. The van der Waals surface area contributed by atoms with Gasteiger partial charge in [-0.2, -0.15) is 0 Å². The fraction of sp³-hybridized carbons (Fsp3) is 0.227. The minimum absolute atomic E-state index is 0.0554. The van der Waals surface area contributed by atoms with Crippen LogP contribution in [0.4, 0.5) is 5.69 Å². The highest BCUT2D eigenvalue weighted by Gasteiger charge is 2.29. The first-order valence-corrected chi connectivity index (χ1v) is 9.44. The zero-order chi connectivity index (χ0) is 19.3. The van der Waals surface area contributed by atoms with E-state index >= 15 is 0 Å². The van der Waals surface area contributed by atoms with Crippen molar-refractivity contribution in [2.24, 2.45) is 5.92 Å². The Morgan fingerprint density at radius 2 is 1.82 bits per heavy atom. The van der Waals surface area contributed by atoms with Crippen LogP contribution in [0.5, 0.6) is 0 Å². The number of hydrogen-bond acceptors (Lipinski definition) is 3. The third kappa shape index (κ3) is 4.46. The van der Waals surface area contributed by atoms with Crippen LogP contribution in [-0.2, 0) is 11.2 Å². The van der Waals surface area contributed by atoms with Gasteiger partial charge in [0.05, 0.1) is 6.04 Å². The predicted molar refractivity (Wildman–Crippen MR) is 107 cm³/mol. The maximum atomic E-state index is 12.8. The summed E-state index contributed by atoms with van der Waals surface area (Å²) >= 11 is 0. The number of nitrogens with zero attached hydrogens (tertiary/aromatic N) is 1. The molecule has 2 amide bonds. The molecule has 0 spiro atoms. The number of aromatic nitrogens is 2. The van der Waals surface area contributed by atoms with Crippen LogP contribution in [0.25, 0.3) is 0 Å². The molecule has 1 fully saturated rings. The van der Waals surface area contributed by atoms with Gasteiger partial charge in [0.25, 0.3) is 5.91 Å². The van der Waals surface area contributed by atoms with E-state index in [-0.39, 0.29) is 23.8 Å². The predicted octanol–water partition coefficient (Wildman–Crippen LogP) is 3.47. The number of aromatic amines is 1. The molecular weight excluding hydrogens is 352 g/mol. The van der Waals surface area contributed by atoms with Gasteiger partial charge in [-0.25, -0.2) is 4.98 Å². The van der Waals surface area contributed by atoms with E-state index in [2.05, 4.69) is 20.6 Å². The van der Waals surface area contributed by atoms with Crippen LogP contribution in [0.15, 0.2) is 67.0 Å². The second-order valence-corrected chi connectivity index (χ2v) is 7.02. The molecule has 0 bridgehead atoms. The molecule has 142 valence electrons. The lowest BCUT2D eigenvalue weighted by atomic mass is 10.0. The van der Waals surface area contributed by atoms with E-state index in [1.165, 1.54) is 0 Å². The molecule has 6 heteroatoms. The fourth-order valence-corrected chi connectivity index (χ4v) is 3.08. The first-order chi connectivity index (χ1) is 13.7. The third-order valence-corrected chi connectivity index (χ3v) is 4.82. The van der Waals surface area contributed by atoms with Gasteiger partial charge >= 0.3 is 0 Å². The maximum absolute atomic E-state index is 12.8. The van der Waals surface area contributed by atoms with Crippen molar-refractivity contribution in [2.75, 3.05) is 5.32 Å². The fourth-order valence-electron chi connectivity index (χ4n) is 3.08. The first kappa shape index (κ1) is 18.0. The van der Waals surface area contributed by atoms with E-state index in [9.17, 15) is 9.59 Å². The average molecular weight is 374 g/mol. The SMILES string of the molecule is O=C(N[C@@H](Cc1ncc[nH]1)c1ccccc1)c1ccc(NC(=O)C2CC2)cc1. The summed E-state index contributed by atoms with van der Waals surface area (Å²) in [5.41, 5.74) is 2.27. The molecule has 1 aromatic heterocycles. The summed E-state index contributed by atoms with van der Waals surface area (Å²) in [6.45, 7) is 0. The van der Waals surface area contributed by atoms with Gasteiger partial charge in [-0.15, -0.1) is 0 Å². The number of rotatable bonds is 7. The molecule has 0 unspecified atom stereocenters. The molecule has 2 aromatic carbocycles. The van der Waals surface area contributed by atoms with E-state index in [4.69, 9.17) is 0 Å². The van der Waals surface area contributed by atoms with Crippen molar-refractivity contribution in [3.8, 4) is 0 Å². The third-order valence-electron chi connectivity index (χ3n) is 4.82. The van der Waals surface area contributed by atoms with Crippen LogP contribution < -0.4 is 10.6 Å². The highest BCUT2D eigenvalue weighted by atomic mass is 16.2. The molecule has 3 aromatic rings. The highest BCUT2D eigenvalue weighted by molar-refractivity contribution is 5.97. The number of amides is 2. The molecule has 1 aliphatic rings. The van der Waals surface area contributed by atoms with Crippen molar-refractivity contribution in [2.45, 2.75) is 25.3 Å². The van der Waals surface area contributed by atoms with Gasteiger partial charge in [0.2, 0.25) is 5.91 Å². The quantitative estimate of drug-likeness (QED) is 0.592. The minimum Gasteiger partial charge on any atom is -0.349 e. The largest absolute Gasteiger partial charge is 0.349 e. The first-order valence-electron chi connectivity index (χ1n) is 9.44. The smallest absolute Gasteiger partial charge is 0.251 e. The van der Waals surface area contributed by atoms with E-state index in [1.54, 1.807) is 36.7 Å². The lowest BCUT2D eigenvalue weighted by Gasteiger charge is -2.18. The summed E-state index contributed by atoms with van der Waals surface area (Å²) in [6.07, 6.45) is 5.96. The van der Waals surface area contributed by atoms with Crippen molar-refractivity contribution in [1.82, 2.24) is 15.3 Å². The topological polar surface area (TPSA) is 86.9 Å². The molecule has 0 aliphatic heterocycles. The van der Waals surface area contributed by atoms with E-state index in [1.807, 2.05) is 30.3 Å². The Labute approximate surface area is 163 Å². The maximum Gasteiger partial charge on any atom is 0.251 e. The van der Waals surface area contributed by atoms with Crippen molar-refractivity contribution >= 4 is 17.5 Å². The molecule has 0 saturated heterocycles. The molecular formula is C22H22N4O2. The van der Waals surface area contributed by atoms with Gasteiger partial charge < -0.3 is 15.6 Å². The molecule has 0 radical (unpaired) electrons. The number of anilines is 1. The lowest BCUT2D eigenvalue weighted by molar-refractivity contribution is -0.117. The molecule has 3 N–H and O–H groups in total. The summed E-state index contributed by atoms with van der Waals surface area (Å²) in [6, 6.07) is 16.6. The Balaban J connectivity index is 1.45. The minimum atomic E-state index is -0.200. The Hall–Kier alpha value is -3.41. The van der Waals surface area contributed by atoms with Gasteiger partial charge in [0.1, 0.15) is 5.82 Å².